The van der Waals surface area contributed by atoms with Gasteiger partial charge in [-0.25, -0.2) is 8.42 Å². The highest BCUT2D eigenvalue weighted by atomic mass is 32.2. The molecule has 2 aromatic rings. The van der Waals surface area contributed by atoms with Gasteiger partial charge in [-0.15, -0.1) is 0 Å². The average molecular weight is 419 g/mol. The van der Waals surface area contributed by atoms with Gasteiger partial charge in [0.1, 0.15) is 5.75 Å². The van der Waals surface area contributed by atoms with Gasteiger partial charge in [0.2, 0.25) is 0 Å². The lowest BCUT2D eigenvalue weighted by molar-refractivity contribution is -0.384. The van der Waals surface area contributed by atoms with Gasteiger partial charge in [-0.2, -0.15) is 0 Å². The number of nitro groups is 1. The lowest BCUT2D eigenvalue weighted by atomic mass is 10.1. The summed E-state index contributed by atoms with van der Waals surface area (Å²) in [4.78, 5) is 14.3. The van der Waals surface area contributed by atoms with E-state index in [1.807, 2.05) is 35.2 Å². The smallest absolute Gasteiger partial charge is 0.271 e. The lowest BCUT2D eigenvalue weighted by Gasteiger charge is -2.26. The molecule has 2 aliphatic heterocycles. The first-order chi connectivity index (χ1) is 13.3. The summed E-state index contributed by atoms with van der Waals surface area (Å²) in [5.74, 6) is 0.291. The Kier molecular flexibility index (Phi) is 4.47. The first kappa shape index (κ1) is 18.6. The molecule has 0 N–H and O–H groups in total. The molecule has 0 radical (unpaired) electrons. The second kappa shape index (κ2) is 6.71. The van der Waals surface area contributed by atoms with Crippen molar-refractivity contribution in [3.63, 3.8) is 0 Å². The van der Waals surface area contributed by atoms with Gasteiger partial charge in [0.15, 0.2) is 14.9 Å². The summed E-state index contributed by atoms with van der Waals surface area (Å²) in [6.45, 7) is 0. The molecule has 2 saturated heterocycles. The van der Waals surface area contributed by atoms with Crippen LogP contribution in [0.5, 0.6) is 5.75 Å². The van der Waals surface area contributed by atoms with E-state index in [0.29, 0.717) is 16.5 Å². The maximum atomic E-state index is 12.4. The van der Waals surface area contributed by atoms with Gasteiger partial charge in [-0.05, 0) is 30.4 Å². The van der Waals surface area contributed by atoms with E-state index in [1.165, 1.54) is 25.3 Å². The molecule has 4 rings (SSSR count). The minimum atomic E-state index is -3.27. The highest BCUT2D eigenvalue weighted by molar-refractivity contribution is 7.91. The third-order valence-electron chi connectivity index (χ3n) is 5.04. The van der Waals surface area contributed by atoms with E-state index in [1.54, 1.807) is 4.90 Å². The number of nitro benzene ring substituents is 1. The van der Waals surface area contributed by atoms with E-state index in [-0.39, 0.29) is 23.2 Å². The minimum absolute atomic E-state index is 0.0273. The molecule has 2 aromatic carbocycles. The first-order valence-corrected chi connectivity index (χ1v) is 10.8. The summed E-state index contributed by atoms with van der Waals surface area (Å²) < 4.78 is 30.2. The molecule has 0 aromatic heterocycles. The number of nitrogens with zero attached hydrogens (tertiary/aromatic N) is 3. The fourth-order valence-electron chi connectivity index (χ4n) is 3.86. The van der Waals surface area contributed by atoms with Gasteiger partial charge >= 0.3 is 0 Å². The Morgan fingerprint density at radius 3 is 2.36 bits per heavy atom. The average Bonchev–Trinajstić information content (AvgIpc) is 3.10. The molecule has 0 unspecified atom stereocenters. The summed E-state index contributed by atoms with van der Waals surface area (Å²) in [6.07, 6.45) is 0. The zero-order valence-corrected chi connectivity index (χ0v) is 16.5. The largest absolute Gasteiger partial charge is 0.495 e. The Bertz CT molecular complexity index is 1060. The normalized spacial score (nSPS) is 23.0. The summed E-state index contributed by atoms with van der Waals surface area (Å²) in [7, 11) is -1.81. The zero-order valence-electron chi connectivity index (χ0n) is 14.9. The van der Waals surface area contributed by atoms with Gasteiger partial charge in [0.05, 0.1) is 41.3 Å². The van der Waals surface area contributed by atoms with Crippen molar-refractivity contribution in [2.24, 2.45) is 0 Å². The number of hydrogen-bond donors (Lipinski definition) is 0. The van der Waals surface area contributed by atoms with E-state index in [2.05, 4.69) is 0 Å². The van der Waals surface area contributed by atoms with E-state index in [4.69, 9.17) is 17.0 Å². The molecule has 2 fully saturated rings. The van der Waals surface area contributed by atoms with E-state index < -0.39 is 20.8 Å². The number of anilines is 2. The highest BCUT2D eigenvalue weighted by Crippen LogP contribution is 2.42. The number of hydrogen-bond acceptors (Lipinski definition) is 6. The standard InChI is InChI=1S/C18H17N3O5S2/c1-26-17-8-7-13(21(22)23)9-14(17)20-16-11-28(24,25)10-15(16)19(18(20)27)12-5-3-2-4-6-12/h2-9,15-16H,10-11H2,1H3/t15-,16+/m1/s1. The number of para-hydroxylation sites is 1. The number of ether oxygens (including phenoxy) is 1. The molecule has 28 heavy (non-hydrogen) atoms. The fourth-order valence-corrected chi connectivity index (χ4v) is 6.25. The van der Waals surface area contributed by atoms with Crippen LogP contribution in [-0.2, 0) is 9.84 Å². The Morgan fingerprint density at radius 2 is 1.75 bits per heavy atom. The van der Waals surface area contributed by atoms with Crippen molar-refractivity contribution in [3.05, 3.63) is 58.6 Å². The molecule has 2 heterocycles. The summed E-state index contributed by atoms with van der Waals surface area (Å²) in [5, 5.41) is 11.7. The van der Waals surface area contributed by atoms with Gasteiger partial charge in [0, 0.05) is 17.8 Å². The fraction of sp³-hybridized carbons (Fsp3) is 0.278. The molecule has 2 aliphatic rings. The van der Waals surface area contributed by atoms with Crippen LogP contribution in [0.1, 0.15) is 0 Å². The molecule has 0 amide bonds. The van der Waals surface area contributed by atoms with Crippen LogP contribution in [0.15, 0.2) is 48.5 Å². The van der Waals surface area contributed by atoms with Crippen LogP contribution in [0, 0.1) is 10.1 Å². The Labute approximate surface area is 167 Å². The summed E-state index contributed by atoms with van der Waals surface area (Å²) in [5.41, 5.74) is 1.06. The lowest BCUT2D eigenvalue weighted by Crippen LogP contribution is -2.37. The van der Waals surface area contributed by atoms with Gasteiger partial charge in [-0.3, -0.25) is 10.1 Å². The van der Waals surface area contributed by atoms with Crippen molar-refractivity contribution in [1.29, 1.82) is 0 Å². The molecule has 146 valence electrons. The quantitative estimate of drug-likeness (QED) is 0.424. The number of thiocarbonyl (C=S) groups is 1. The Balaban J connectivity index is 1.86. The number of non-ortho nitro benzene ring substituents is 1. The molecule has 10 heteroatoms. The van der Waals surface area contributed by atoms with E-state index >= 15 is 0 Å². The molecule has 2 atom stereocenters. The van der Waals surface area contributed by atoms with E-state index in [0.717, 1.165) is 5.69 Å². The Hall–Kier alpha value is -2.72. The third-order valence-corrected chi connectivity index (χ3v) is 7.13. The number of sulfone groups is 1. The van der Waals surface area contributed by atoms with Gasteiger partial charge < -0.3 is 14.5 Å². The molecule has 8 nitrogen and oxygen atoms in total. The topological polar surface area (TPSA) is 93.0 Å². The molecule has 0 bridgehead atoms. The van der Waals surface area contributed by atoms with Crippen molar-refractivity contribution in [2.75, 3.05) is 28.4 Å². The second-order valence-electron chi connectivity index (χ2n) is 6.68. The Morgan fingerprint density at radius 1 is 1.11 bits per heavy atom. The molecular weight excluding hydrogens is 402 g/mol. The number of benzene rings is 2. The molecule has 0 saturated carbocycles. The van der Waals surface area contributed by atoms with Crippen LogP contribution in [-0.4, -0.2) is 49.2 Å². The predicted molar refractivity (Wildman–Crippen MR) is 110 cm³/mol. The van der Waals surface area contributed by atoms with Crippen molar-refractivity contribution in [2.45, 2.75) is 12.1 Å². The van der Waals surface area contributed by atoms with Crippen molar-refractivity contribution >= 4 is 44.2 Å². The monoisotopic (exact) mass is 419 g/mol. The molecule has 0 spiro atoms. The van der Waals surface area contributed by atoms with Crippen LogP contribution in [0.3, 0.4) is 0 Å². The second-order valence-corrected chi connectivity index (χ2v) is 9.20. The maximum Gasteiger partial charge on any atom is 0.271 e. The zero-order chi connectivity index (χ0) is 20.1. The number of fused-ring (bicyclic) bond motifs is 1. The van der Waals surface area contributed by atoms with Crippen molar-refractivity contribution in [3.8, 4) is 5.75 Å². The van der Waals surface area contributed by atoms with Crippen LogP contribution in [0.4, 0.5) is 17.1 Å². The summed E-state index contributed by atoms with van der Waals surface area (Å²) in [6, 6.07) is 12.7. The van der Waals surface area contributed by atoms with Gasteiger partial charge in [0.25, 0.3) is 5.69 Å². The predicted octanol–water partition coefficient (Wildman–Crippen LogP) is 2.38. The maximum absolute atomic E-state index is 12.4. The van der Waals surface area contributed by atoms with Crippen molar-refractivity contribution in [1.82, 2.24) is 0 Å². The minimum Gasteiger partial charge on any atom is -0.495 e. The number of methoxy groups -OCH3 is 1. The van der Waals surface area contributed by atoms with E-state index in [9.17, 15) is 18.5 Å². The number of rotatable bonds is 4. The van der Waals surface area contributed by atoms with Crippen LogP contribution in [0.25, 0.3) is 0 Å². The van der Waals surface area contributed by atoms with Crippen molar-refractivity contribution < 1.29 is 18.1 Å². The molecule has 0 aliphatic carbocycles. The van der Waals surface area contributed by atoms with Crippen LogP contribution < -0.4 is 14.5 Å². The highest BCUT2D eigenvalue weighted by Gasteiger charge is 2.53. The first-order valence-electron chi connectivity index (χ1n) is 8.53. The molecular formula is C18H17N3O5S2. The van der Waals surface area contributed by atoms with Crippen LogP contribution >= 0.6 is 12.2 Å². The SMILES string of the molecule is COc1ccc([N+](=O)[O-])cc1N1C(=S)N(c2ccccc2)[C@@H]2CS(=O)(=O)C[C@@H]21. The summed E-state index contributed by atoms with van der Waals surface area (Å²) >= 11 is 5.70. The van der Waals surface area contributed by atoms with Gasteiger partial charge in [-0.1, -0.05) is 18.2 Å². The van der Waals surface area contributed by atoms with Crippen LogP contribution in [0.2, 0.25) is 0 Å². The third kappa shape index (κ3) is 2.98.